The van der Waals surface area contributed by atoms with Gasteiger partial charge in [-0.2, -0.15) is 0 Å². The third kappa shape index (κ3) is 4.47. The third-order valence-corrected chi connectivity index (χ3v) is 7.02. The fourth-order valence-corrected chi connectivity index (χ4v) is 3.81. The first kappa shape index (κ1) is 20.4. The zero-order valence-corrected chi connectivity index (χ0v) is 16.3. The van der Waals surface area contributed by atoms with Gasteiger partial charge in [-0.05, 0) is 56.9 Å². The number of amides is 1. The number of carbonyl (C=O) groups is 1. The summed E-state index contributed by atoms with van der Waals surface area (Å²) in [5.74, 6) is -0.0713. The van der Waals surface area contributed by atoms with E-state index in [4.69, 9.17) is 5.73 Å². The monoisotopic (exact) mass is 424 g/mol. The average Bonchev–Trinajstić information content (AvgIpc) is 3.29. The van der Waals surface area contributed by atoms with Gasteiger partial charge in [-0.1, -0.05) is 15.9 Å². The van der Waals surface area contributed by atoms with Gasteiger partial charge in [-0.25, -0.2) is 8.42 Å². The molecule has 1 saturated carbocycles. The van der Waals surface area contributed by atoms with Gasteiger partial charge in [0, 0.05) is 17.1 Å². The van der Waals surface area contributed by atoms with E-state index in [0.29, 0.717) is 12.5 Å². The van der Waals surface area contributed by atoms with Gasteiger partial charge in [-0.15, -0.1) is 12.4 Å². The van der Waals surface area contributed by atoms with Crippen LogP contribution in [0.3, 0.4) is 0 Å². The summed E-state index contributed by atoms with van der Waals surface area (Å²) in [6.07, 6.45) is 2.16. The van der Waals surface area contributed by atoms with E-state index >= 15 is 0 Å². The molecule has 2 rings (SSSR count). The van der Waals surface area contributed by atoms with Crippen molar-refractivity contribution in [2.75, 3.05) is 6.54 Å². The predicted octanol–water partition coefficient (Wildman–Crippen LogP) is 2.28. The minimum atomic E-state index is -3.78. The molecule has 8 heteroatoms. The molecule has 1 fully saturated rings. The van der Waals surface area contributed by atoms with Crippen LogP contribution in [0.1, 0.15) is 26.7 Å². The maximum absolute atomic E-state index is 12.7. The Morgan fingerprint density at radius 2 is 1.87 bits per heavy atom. The minimum Gasteiger partial charge on any atom is -0.353 e. The Kier molecular flexibility index (Phi) is 6.66. The summed E-state index contributed by atoms with van der Waals surface area (Å²) in [6, 6.07) is 6.16. The maximum atomic E-state index is 12.7. The van der Waals surface area contributed by atoms with Crippen LogP contribution in [0.5, 0.6) is 0 Å². The molecular weight excluding hydrogens is 404 g/mol. The van der Waals surface area contributed by atoms with E-state index in [9.17, 15) is 13.2 Å². The van der Waals surface area contributed by atoms with E-state index < -0.39 is 20.5 Å². The summed E-state index contributed by atoms with van der Waals surface area (Å²) in [5, 5.41) is 2.68. The van der Waals surface area contributed by atoms with Crippen LogP contribution in [0, 0.1) is 5.92 Å². The Morgan fingerprint density at radius 1 is 1.35 bits per heavy atom. The van der Waals surface area contributed by atoms with Gasteiger partial charge in [0.05, 0.1) is 4.90 Å². The predicted molar refractivity (Wildman–Crippen MR) is 96.4 cm³/mol. The Morgan fingerprint density at radius 3 is 2.35 bits per heavy atom. The highest BCUT2D eigenvalue weighted by molar-refractivity contribution is 9.10. The minimum absolute atomic E-state index is 0. The molecule has 1 amide bonds. The van der Waals surface area contributed by atoms with Gasteiger partial charge in [0.25, 0.3) is 0 Å². The molecule has 130 valence electrons. The third-order valence-electron chi connectivity index (χ3n) is 4.07. The molecule has 23 heavy (non-hydrogen) atoms. The quantitative estimate of drug-likeness (QED) is 0.731. The Balaban J connectivity index is 0.00000264. The Hall–Kier alpha value is -0.630. The van der Waals surface area contributed by atoms with Crippen molar-refractivity contribution in [2.24, 2.45) is 11.7 Å². The zero-order valence-electron chi connectivity index (χ0n) is 13.1. The molecule has 1 atom stereocenters. The lowest BCUT2D eigenvalue weighted by Crippen LogP contribution is -2.51. The van der Waals surface area contributed by atoms with Gasteiger partial charge in [0.15, 0.2) is 9.84 Å². The van der Waals surface area contributed by atoms with Crippen molar-refractivity contribution < 1.29 is 13.2 Å². The second-order valence-electron chi connectivity index (χ2n) is 6.18. The molecule has 0 radical (unpaired) electrons. The average molecular weight is 426 g/mol. The summed E-state index contributed by atoms with van der Waals surface area (Å²) in [4.78, 5) is 12.5. The van der Waals surface area contributed by atoms with Crippen LogP contribution in [0.25, 0.3) is 0 Å². The number of benzene rings is 1. The number of sulfone groups is 1. The molecule has 5 nitrogen and oxygen atoms in total. The fourth-order valence-electron chi connectivity index (χ4n) is 2.14. The summed E-state index contributed by atoms with van der Waals surface area (Å²) >= 11 is 3.26. The van der Waals surface area contributed by atoms with E-state index in [-0.39, 0.29) is 23.3 Å². The van der Waals surface area contributed by atoms with Gasteiger partial charge < -0.3 is 11.1 Å². The molecule has 1 aromatic rings. The molecule has 0 spiro atoms. The van der Waals surface area contributed by atoms with Crippen LogP contribution in [0.4, 0.5) is 0 Å². The van der Waals surface area contributed by atoms with Gasteiger partial charge in [-0.3, -0.25) is 4.79 Å². The van der Waals surface area contributed by atoms with Crippen molar-refractivity contribution in [2.45, 2.75) is 42.4 Å². The number of nitrogens with one attached hydrogen (secondary N) is 1. The summed E-state index contributed by atoms with van der Waals surface area (Å²) < 4.78 is 24.6. The van der Waals surface area contributed by atoms with Crippen molar-refractivity contribution in [3.8, 4) is 0 Å². The molecule has 0 aromatic heterocycles. The zero-order chi connectivity index (χ0) is 16.5. The standard InChI is InChI=1S/C15H21BrN2O3S.ClH/c1-15(2,14(19)18-9-13(17)10-3-4-10)22(20,21)12-7-5-11(16)6-8-12;/h5-8,10,13H,3-4,9,17H2,1-2H3,(H,18,19);1H. The Labute approximate surface area is 151 Å². The van der Waals surface area contributed by atoms with Crippen molar-refractivity contribution in [1.82, 2.24) is 5.32 Å². The van der Waals surface area contributed by atoms with Crippen molar-refractivity contribution in [1.29, 1.82) is 0 Å². The summed E-state index contributed by atoms with van der Waals surface area (Å²) in [6.45, 7) is 3.15. The van der Waals surface area contributed by atoms with E-state index in [1.807, 2.05) is 0 Å². The molecule has 1 aliphatic rings. The highest BCUT2D eigenvalue weighted by Crippen LogP contribution is 2.31. The second kappa shape index (κ2) is 7.51. The van der Waals surface area contributed by atoms with Gasteiger partial charge in [0.2, 0.25) is 5.91 Å². The van der Waals surface area contributed by atoms with Crippen LogP contribution in [0.2, 0.25) is 0 Å². The van der Waals surface area contributed by atoms with Crippen LogP contribution in [-0.4, -0.2) is 31.7 Å². The fraction of sp³-hybridized carbons (Fsp3) is 0.533. The summed E-state index contributed by atoms with van der Waals surface area (Å²) in [5.41, 5.74) is 5.94. The van der Waals surface area contributed by atoms with Crippen molar-refractivity contribution >= 4 is 44.1 Å². The summed E-state index contributed by atoms with van der Waals surface area (Å²) in [7, 11) is -3.78. The molecule has 0 heterocycles. The van der Waals surface area contributed by atoms with E-state index in [0.717, 1.165) is 17.3 Å². The van der Waals surface area contributed by atoms with E-state index in [1.165, 1.54) is 26.0 Å². The van der Waals surface area contributed by atoms with Crippen LogP contribution >= 0.6 is 28.3 Å². The second-order valence-corrected chi connectivity index (χ2v) is 9.59. The number of carbonyl (C=O) groups excluding carboxylic acids is 1. The van der Waals surface area contributed by atoms with Crippen molar-refractivity contribution in [3.63, 3.8) is 0 Å². The normalized spacial score (nSPS) is 16.3. The lowest BCUT2D eigenvalue weighted by molar-refractivity contribution is -0.122. The van der Waals surface area contributed by atoms with Crippen LogP contribution < -0.4 is 11.1 Å². The molecule has 0 saturated heterocycles. The smallest absolute Gasteiger partial charge is 0.241 e. The first-order valence-corrected chi connectivity index (χ1v) is 9.48. The molecule has 1 aromatic carbocycles. The molecule has 3 N–H and O–H groups in total. The molecule has 0 bridgehead atoms. The van der Waals surface area contributed by atoms with Crippen molar-refractivity contribution in [3.05, 3.63) is 28.7 Å². The van der Waals surface area contributed by atoms with E-state index in [1.54, 1.807) is 12.1 Å². The number of halogens is 2. The number of hydrogen-bond donors (Lipinski definition) is 2. The Bertz CT molecular complexity index is 658. The molecule has 1 aliphatic carbocycles. The largest absolute Gasteiger partial charge is 0.353 e. The number of rotatable bonds is 6. The van der Waals surface area contributed by atoms with Gasteiger partial charge >= 0.3 is 0 Å². The van der Waals surface area contributed by atoms with E-state index in [2.05, 4.69) is 21.2 Å². The lowest BCUT2D eigenvalue weighted by Gasteiger charge is -2.25. The first-order valence-electron chi connectivity index (χ1n) is 7.20. The molecular formula is C15H22BrClN2O3S. The highest BCUT2D eigenvalue weighted by Gasteiger charge is 2.43. The van der Waals surface area contributed by atoms with Crippen LogP contribution in [0.15, 0.2) is 33.6 Å². The lowest BCUT2D eigenvalue weighted by atomic mass is 10.1. The topological polar surface area (TPSA) is 89.3 Å². The molecule has 1 unspecified atom stereocenters. The maximum Gasteiger partial charge on any atom is 0.241 e. The van der Waals surface area contributed by atoms with Gasteiger partial charge in [0.1, 0.15) is 4.75 Å². The molecule has 0 aliphatic heterocycles. The number of hydrogen-bond acceptors (Lipinski definition) is 4. The first-order chi connectivity index (χ1) is 10.2. The van der Waals surface area contributed by atoms with Crippen LogP contribution in [-0.2, 0) is 14.6 Å². The highest BCUT2D eigenvalue weighted by atomic mass is 79.9. The SMILES string of the molecule is CC(C)(C(=O)NCC(N)C1CC1)S(=O)(=O)c1ccc(Br)cc1.Cl. The number of nitrogens with two attached hydrogens (primary N) is 1.